The molecule has 1 amide bonds. The Bertz CT molecular complexity index is 640. The van der Waals surface area contributed by atoms with Crippen molar-refractivity contribution in [3.8, 4) is 0 Å². The van der Waals surface area contributed by atoms with Gasteiger partial charge in [0.05, 0.1) is 6.04 Å². The second kappa shape index (κ2) is 8.37. The zero-order chi connectivity index (χ0) is 18.6. The Balaban J connectivity index is 2.17. The van der Waals surface area contributed by atoms with Gasteiger partial charge in [-0.05, 0) is 29.7 Å². The number of nitrogens with two attached hydrogens (primary N) is 1. The molecule has 8 heteroatoms. The molecule has 0 spiro atoms. The number of rotatable bonds is 7. The van der Waals surface area contributed by atoms with Crippen molar-refractivity contribution in [2.45, 2.75) is 32.4 Å². The summed E-state index contributed by atoms with van der Waals surface area (Å²) in [6, 6.07) is 2.95. The van der Waals surface area contributed by atoms with E-state index in [1.165, 1.54) is 6.07 Å². The molecule has 1 heterocycles. The Morgan fingerprint density at radius 3 is 2.76 bits per heavy atom. The topological polar surface area (TPSA) is 108 Å². The van der Waals surface area contributed by atoms with E-state index in [1.807, 2.05) is 6.92 Å². The molecule has 1 saturated heterocycles. The number of hydrogen-bond acceptors (Lipinski definition) is 5. The minimum atomic E-state index is -1.21. The molecule has 0 aromatic heterocycles. The summed E-state index contributed by atoms with van der Waals surface area (Å²) < 4.78 is 14.0. The van der Waals surface area contributed by atoms with E-state index in [0.717, 1.165) is 25.6 Å². The average molecular weight is 352 g/mol. The molecule has 138 valence electrons. The fraction of sp³-hybridized carbons (Fsp3) is 0.529. The SMILES string of the molecule is CCC1CN(CC)NC1c1cc(F)cc(C(=O)NC[C@@H](N)C(=O)O)c1. The molecule has 0 aliphatic carbocycles. The van der Waals surface area contributed by atoms with Crippen molar-refractivity contribution < 1.29 is 19.1 Å². The molecular weight excluding hydrogens is 327 g/mol. The van der Waals surface area contributed by atoms with E-state index >= 15 is 0 Å². The molecule has 1 aliphatic heterocycles. The van der Waals surface area contributed by atoms with Crippen molar-refractivity contribution in [2.75, 3.05) is 19.6 Å². The highest BCUT2D eigenvalue weighted by Gasteiger charge is 2.32. The summed E-state index contributed by atoms with van der Waals surface area (Å²) in [6.45, 7) is 5.60. The second-order valence-corrected chi connectivity index (χ2v) is 6.24. The van der Waals surface area contributed by atoms with E-state index < -0.39 is 23.7 Å². The van der Waals surface area contributed by atoms with E-state index in [4.69, 9.17) is 10.8 Å². The van der Waals surface area contributed by atoms with Crippen LogP contribution < -0.4 is 16.5 Å². The van der Waals surface area contributed by atoms with Gasteiger partial charge in [0.15, 0.2) is 0 Å². The molecule has 0 radical (unpaired) electrons. The zero-order valence-corrected chi connectivity index (χ0v) is 14.5. The molecule has 1 aromatic rings. The number of aliphatic carboxylic acids is 1. The van der Waals surface area contributed by atoms with Gasteiger partial charge in [-0.3, -0.25) is 9.59 Å². The third-order valence-electron chi connectivity index (χ3n) is 4.50. The van der Waals surface area contributed by atoms with Crippen molar-refractivity contribution in [3.63, 3.8) is 0 Å². The maximum absolute atomic E-state index is 14.0. The van der Waals surface area contributed by atoms with Gasteiger partial charge in [-0.1, -0.05) is 20.3 Å². The Labute approximate surface area is 146 Å². The first kappa shape index (κ1) is 19.3. The molecule has 0 bridgehead atoms. The van der Waals surface area contributed by atoms with Gasteiger partial charge >= 0.3 is 5.97 Å². The third kappa shape index (κ3) is 4.75. The molecule has 7 nitrogen and oxygen atoms in total. The monoisotopic (exact) mass is 352 g/mol. The number of carbonyl (C=O) groups is 2. The molecule has 1 aromatic carbocycles. The van der Waals surface area contributed by atoms with Crippen LogP contribution in [-0.4, -0.2) is 47.7 Å². The fourth-order valence-electron chi connectivity index (χ4n) is 2.99. The quantitative estimate of drug-likeness (QED) is 0.580. The van der Waals surface area contributed by atoms with Crippen LogP contribution in [0.1, 0.15) is 42.2 Å². The molecule has 2 unspecified atom stereocenters. The Morgan fingerprint density at radius 2 is 2.16 bits per heavy atom. The lowest BCUT2D eigenvalue weighted by Crippen LogP contribution is -2.42. The first-order chi connectivity index (χ1) is 11.8. The van der Waals surface area contributed by atoms with Gasteiger partial charge in [0.2, 0.25) is 0 Å². The summed E-state index contributed by atoms with van der Waals surface area (Å²) in [6.07, 6.45) is 0.930. The highest BCUT2D eigenvalue weighted by atomic mass is 19.1. The predicted molar refractivity (Wildman–Crippen MR) is 91.2 cm³/mol. The number of amides is 1. The maximum atomic E-state index is 14.0. The third-order valence-corrected chi connectivity index (χ3v) is 4.50. The summed E-state index contributed by atoms with van der Waals surface area (Å²) in [5.41, 5.74) is 9.58. The number of carboxylic acid groups (broad SMARTS) is 1. The van der Waals surface area contributed by atoms with Crippen LogP contribution in [0.3, 0.4) is 0 Å². The highest BCUT2D eigenvalue weighted by molar-refractivity contribution is 5.94. The van der Waals surface area contributed by atoms with Crippen LogP contribution in [-0.2, 0) is 4.79 Å². The molecule has 1 fully saturated rings. The van der Waals surface area contributed by atoms with Crippen molar-refractivity contribution in [2.24, 2.45) is 11.7 Å². The van der Waals surface area contributed by atoms with Crippen LogP contribution in [0.5, 0.6) is 0 Å². The number of hydrazine groups is 1. The zero-order valence-electron chi connectivity index (χ0n) is 14.5. The molecule has 0 saturated carbocycles. The van der Waals surface area contributed by atoms with Crippen molar-refractivity contribution in [1.29, 1.82) is 0 Å². The van der Waals surface area contributed by atoms with Gasteiger partial charge in [-0.2, -0.15) is 0 Å². The van der Waals surface area contributed by atoms with Crippen LogP contribution in [0.4, 0.5) is 4.39 Å². The van der Waals surface area contributed by atoms with E-state index in [0.29, 0.717) is 11.5 Å². The molecule has 5 N–H and O–H groups in total. The minimum Gasteiger partial charge on any atom is -0.480 e. The highest BCUT2D eigenvalue weighted by Crippen LogP contribution is 2.31. The van der Waals surface area contributed by atoms with Crippen LogP contribution in [0.15, 0.2) is 18.2 Å². The number of carboxylic acids is 1. The Kier molecular flexibility index (Phi) is 6.46. The van der Waals surface area contributed by atoms with Crippen molar-refractivity contribution in [1.82, 2.24) is 15.8 Å². The van der Waals surface area contributed by atoms with Gasteiger partial charge in [0.25, 0.3) is 5.91 Å². The van der Waals surface area contributed by atoms with Gasteiger partial charge in [-0.25, -0.2) is 14.8 Å². The second-order valence-electron chi connectivity index (χ2n) is 6.24. The van der Waals surface area contributed by atoms with Gasteiger partial charge < -0.3 is 16.2 Å². The van der Waals surface area contributed by atoms with E-state index in [1.54, 1.807) is 6.07 Å². The average Bonchev–Trinajstić information content (AvgIpc) is 3.02. The summed E-state index contributed by atoms with van der Waals surface area (Å²) in [4.78, 5) is 22.9. The smallest absolute Gasteiger partial charge is 0.322 e. The van der Waals surface area contributed by atoms with Crippen LogP contribution in [0.2, 0.25) is 0 Å². The fourth-order valence-corrected chi connectivity index (χ4v) is 2.99. The van der Waals surface area contributed by atoms with Crippen LogP contribution in [0, 0.1) is 11.7 Å². The van der Waals surface area contributed by atoms with Crippen molar-refractivity contribution in [3.05, 3.63) is 35.1 Å². The van der Waals surface area contributed by atoms with Crippen molar-refractivity contribution >= 4 is 11.9 Å². The van der Waals surface area contributed by atoms with Crippen LogP contribution in [0.25, 0.3) is 0 Å². The lowest BCUT2D eigenvalue weighted by Gasteiger charge is -2.19. The molecular formula is C17H25FN4O3. The van der Waals surface area contributed by atoms with E-state index in [2.05, 4.69) is 22.7 Å². The predicted octanol–water partition coefficient (Wildman–Crippen LogP) is 0.875. The molecule has 1 aliphatic rings. The van der Waals surface area contributed by atoms with Gasteiger partial charge in [0.1, 0.15) is 11.9 Å². The maximum Gasteiger partial charge on any atom is 0.322 e. The summed E-state index contributed by atoms with van der Waals surface area (Å²) in [7, 11) is 0. The normalized spacial score (nSPS) is 21.9. The molecule has 3 atom stereocenters. The Morgan fingerprint density at radius 1 is 1.44 bits per heavy atom. The van der Waals surface area contributed by atoms with E-state index in [-0.39, 0.29) is 18.2 Å². The summed E-state index contributed by atoms with van der Waals surface area (Å²) in [5, 5.41) is 13.3. The standard InChI is InChI=1S/C17H25FN4O3/c1-3-10-9-22(4-2)21-15(10)11-5-12(7-13(18)6-11)16(23)20-8-14(19)17(24)25/h5-7,10,14-15,21H,3-4,8-9,19H2,1-2H3,(H,20,23)(H,24,25)/t10?,14-,15?/m1/s1. The lowest BCUT2D eigenvalue weighted by atomic mass is 9.91. The summed E-state index contributed by atoms with van der Waals surface area (Å²) >= 11 is 0. The minimum absolute atomic E-state index is 0.0616. The number of hydrogen-bond donors (Lipinski definition) is 4. The van der Waals surface area contributed by atoms with Crippen LogP contribution >= 0.6 is 0 Å². The van der Waals surface area contributed by atoms with Gasteiger partial charge in [-0.15, -0.1) is 0 Å². The largest absolute Gasteiger partial charge is 0.480 e. The van der Waals surface area contributed by atoms with Gasteiger partial charge in [0, 0.05) is 25.2 Å². The first-order valence-electron chi connectivity index (χ1n) is 8.43. The number of nitrogens with one attached hydrogen (secondary N) is 2. The van der Waals surface area contributed by atoms with E-state index in [9.17, 15) is 14.0 Å². The Hall–Kier alpha value is -2.03. The number of carbonyl (C=O) groups excluding carboxylic acids is 1. The molecule has 25 heavy (non-hydrogen) atoms. The summed E-state index contributed by atoms with van der Waals surface area (Å²) in [5.74, 6) is -1.94. The number of benzene rings is 1. The first-order valence-corrected chi connectivity index (χ1v) is 8.43. The number of nitrogens with zero attached hydrogens (tertiary/aromatic N) is 1. The molecule has 2 rings (SSSR count). The number of halogens is 1. The lowest BCUT2D eigenvalue weighted by molar-refractivity contribution is -0.138.